The van der Waals surface area contributed by atoms with Crippen LogP contribution in [0.1, 0.15) is 36.0 Å². The SMILES string of the molecule is CN1C2CCC1CC(CNC(=O)c1ccccc1Br)C2. The molecule has 3 rings (SSSR count). The maximum atomic E-state index is 12.2. The van der Waals surface area contributed by atoms with E-state index in [2.05, 4.69) is 33.2 Å². The molecule has 2 aliphatic heterocycles. The standard InChI is InChI=1S/C16H21BrN2O/c1-19-12-6-7-13(19)9-11(8-12)10-18-16(20)14-4-2-3-5-15(14)17/h2-5,11-13H,6-10H2,1H3,(H,18,20). The Bertz CT molecular complexity index is 491. The molecule has 20 heavy (non-hydrogen) atoms. The lowest BCUT2D eigenvalue weighted by atomic mass is 9.91. The largest absolute Gasteiger partial charge is 0.352 e. The highest BCUT2D eigenvalue weighted by molar-refractivity contribution is 9.10. The third kappa shape index (κ3) is 2.77. The summed E-state index contributed by atoms with van der Waals surface area (Å²) in [5, 5.41) is 3.11. The van der Waals surface area contributed by atoms with Crippen LogP contribution in [0.15, 0.2) is 28.7 Å². The van der Waals surface area contributed by atoms with Crippen molar-refractivity contribution in [2.24, 2.45) is 5.92 Å². The van der Waals surface area contributed by atoms with Gasteiger partial charge in [0.15, 0.2) is 0 Å². The number of nitrogens with one attached hydrogen (secondary N) is 1. The molecule has 0 spiro atoms. The molecular weight excluding hydrogens is 316 g/mol. The van der Waals surface area contributed by atoms with Gasteiger partial charge < -0.3 is 10.2 Å². The van der Waals surface area contributed by atoms with Gasteiger partial charge in [-0.05, 0) is 66.7 Å². The van der Waals surface area contributed by atoms with Gasteiger partial charge in [0.1, 0.15) is 0 Å². The molecule has 1 amide bonds. The maximum Gasteiger partial charge on any atom is 0.252 e. The Kier molecular flexibility index (Phi) is 4.13. The number of nitrogens with zero attached hydrogens (tertiary/aromatic N) is 1. The predicted octanol–water partition coefficient (Wildman–Crippen LogP) is 3.05. The monoisotopic (exact) mass is 336 g/mol. The number of fused-ring (bicyclic) bond motifs is 2. The third-order valence-electron chi connectivity index (χ3n) is 4.87. The first-order valence-corrected chi connectivity index (χ1v) is 8.19. The van der Waals surface area contributed by atoms with Crippen molar-refractivity contribution in [1.29, 1.82) is 0 Å². The molecule has 2 bridgehead atoms. The number of piperidine rings is 1. The van der Waals surface area contributed by atoms with Crippen LogP contribution in [-0.4, -0.2) is 36.5 Å². The molecule has 1 N–H and O–H groups in total. The Morgan fingerprint density at radius 1 is 1.30 bits per heavy atom. The number of rotatable bonds is 3. The van der Waals surface area contributed by atoms with E-state index >= 15 is 0 Å². The van der Waals surface area contributed by atoms with Crippen LogP contribution in [-0.2, 0) is 0 Å². The van der Waals surface area contributed by atoms with Gasteiger partial charge in [0.2, 0.25) is 0 Å². The fourth-order valence-electron chi connectivity index (χ4n) is 3.67. The molecule has 2 unspecified atom stereocenters. The zero-order valence-electron chi connectivity index (χ0n) is 11.8. The summed E-state index contributed by atoms with van der Waals surface area (Å²) in [6, 6.07) is 9.06. The average molecular weight is 337 g/mol. The second-order valence-electron chi connectivity index (χ2n) is 6.08. The van der Waals surface area contributed by atoms with E-state index in [4.69, 9.17) is 0 Å². The van der Waals surface area contributed by atoms with Crippen molar-refractivity contribution in [1.82, 2.24) is 10.2 Å². The molecule has 4 heteroatoms. The summed E-state index contributed by atoms with van der Waals surface area (Å²) in [5.41, 5.74) is 0.725. The molecule has 0 aliphatic carbocycles. The zero-order valence-corrected chi connectivity index (χ0v) is 13.4. The minimum Gasteiger partial charge on any atom is -0.352 e. The smallest absolute Gasteiger partial charge is 0.252 e. The highest BCUT2D eigenvalue weighted by Crippen LogP contribution is 2.37. The fourth-order valence-corrected chi connectivity index (χ4v) is 4.13. The summed E-state index contributed by atoms with van der Waals surface area (Å²) in [6.45, 7) is 0.807. The topological polar surface area (TPSA) is 32.3 Å². The van der Waals surface area contributed by atoms with Crippen molar-refractivity contribution in [2.75, 3.05) is 13.6 Å². The van der Waals surface area contributed by atoms with Crippen molar-refractivity contribution in [3.63, 3.8) is 0 Å². The Labute approximate surface area is 128 Å². The molecule has 2 saturated heterocycles. The van der Waals surface area contributed by atoms with Crippen LogP contribution in [0, 0.1) is 5.92 Å². The Morgan fingerprint density at radius 3 is 2.60 bits per heavy atom. The second-order valence-corrected chi connectivity index (χ2v) is 6.93. The number of hydrogen-bond donors (Lipinski definition) is 1. The Balaban J connectivity index is 1.56. The summed E-state index contributed by atoms with van der Waals surface area (Å²) in [5.74, 6) is 0.666. The molecule has 2 atom stereocenters. The van der Waals surface area contributed by atoms with E-state index in [1.54, 1.807) is 0 Å². The molecule has 2 aliphatic rings. The minimum absolute atomic E-state index is 0.0313. The average Bonchev–Trinajstić information content (AvgIpc) is 2.66. The molecular formula is C16H21BrN2O. The first kappa shape index (κ1) is 14.1. The molecule has 0 saturated carbocycles. The summed E-state index contributed by atoms with van der Waals surface area (Å²) < 4.78 is 0.862. The van der Waals surface area contributed by atoms with E-state index in [-0.39, 0.29) is 5.91 Å². The lowest BCUT2D eigenvalue weighted by Gasteiger charge is -2.36. The Morgan fingerprint density at radius 2 is 1.95 bits per heavy atom. The van der Waals surface area contributed by atoms with E-state index in [1.165, 1.54) is 25.7 Å². The molecule has 3 nitrogen and oxygen atoms in total. The summed E-state index contributed by atoms with van der Waals surface area (Å²) in [4.78, 5) is 14.7. The molecule has 1 aromatic rings. The highest BCUT2D eigenvalue weighted by Gasteiger charge is 2.38. The number of halogens is 1. The van der Waals surface area contributed by atoms with Gasteiger partial charge in [-0.25, -0.2) is 0 Å². The first-order valence-electron chi connectivity index (χ1n) is 7.40. The van der Waals surface area contributed by atoms with Crippen LogP contribution >= 0.6 is 15.9 Å². The van der Waals surface area contributed by atoms with Crippen molar-refractivity contribution in [2.45, 2.75) is 37.8 Å². The van der Waals surface area contributed by atoms with Gasteiger partial charge in [-0.15, -0.1) is 0 Å². The first-order chi connectivity index (χ1) is 9.65. The summed E-state index contributed by atoms with van der Waals surface area (Å²) in [6.07, 6.45) is 5.11. The summed E-state index contributed by atoms with van der Waals surface area (Å²) >= 11 is 3.43. The molecule has 0 radical (unpaired) electrons. The molecule has 2 heterocycles. The minimum atomic E-state index is 0.0313. The van der Waals surface area contributed by atoms with Crippen LogP contribution < -0.4 is 5.32 Å². The van der Waals surface area contributed by atoms with E-state index in [0.29, 0.717) is 5.92 Å². The van der Waals surface area contributed by atoms with Crippen molar-refractivity contribution in [3.8, 4) is 0 Å². The van der Waals surface area contributed by atoms with Gasteiger partial charge in [-0.1, -0.05) is 12.1 Å². The van der Waals surface area contributed by atoms with E-state index in [9.17, 15) is 4.79 Å². The molecule has 1 aromatic carbocycles. The molecule has 2 fully saturated rings. The van der Waals surface area contributed by atoms with Crippen LogP contribution in [0.3, 0.4) is 0 Å². The van der Waals surface area contributed by atoms with Crippen LogP contribution in [0.2, 0.25) is 0 Å². The van der Waals surface area contributed by atoms with Gasteiger partial charge in [0, 0.05) is 23.1 Å². The van der Waals surface area contributed by atoms with Gasteiger partial charge in [-0.2, -0.15) is 0 Å². The van der Waals surface area contributed by atoms with E-state index < -0.39 is 0 Å². The van der Waals surface area contributed by atoms with Gasteiger partial charge >= 0.3 is 0 Å². The number of benzene rings is 1. The quantitative estimate of drug-likeness (QED) is 0.919. The van der Waals surface area contributed by atoms with Crippen molar-refractivity contribution >= 4 is 21.8 Å². The molecule has 0 aromatic heterocycles. The van der Waals surface area contributed by atoms with Crippen molar-refractivity contribution in [3.05, 3.63) is 34.3 Å². The number of carbonyl (C=O) groups is 1. The lowest BCUT2D eigenvalue weighted by molar-refractivity contribution is 0.0917. The van der Waals surface area contributed by atoms with Crippen LogP contribution in [0.25, 0.3) is 0 Å². The third-order valence-corrected chi connectivity index (χ3v) is 5.56. The number of carbonyl (C=O) groups excluding carboxylic acids is 1. The second kappa shape index (κ2) is 5.86. The maximum absolute atomic E-state index is 12.2. The number of amides is 1. The zero-order chi connectivity index (χ0) is 14.1. The van der Waals surface area contributed by atoms with Gasteiger partial charge in [-0.3, -0.25) is 4.79 Å². The predicted molar refractivity (Wildman–Crippen MR) is 83.8 cm³/mol. The molecule has 108 valence electrons. The summed E-state index contributed by atoms with van der Waals surface area (Å²) in [7, 11) is 2.25. The highest BCUT2D eigenvalue weighted by atomic mass is 79.9. The number of hydrogen-bond acceptors (Lipinski definition) is 2. The van der Waals surface area contributed by atoms with E-state index in [0.717, 1.165) is 28.7 Å². The lowest BCUT2D eigenvalue weighted by Crippen LogP contribution is -2.43. The van der Waals surface area contributed by atoms with Crippen LogP contribution in [0.5, 0.6) is 0 Å². The normalized spacial score (nSPS) is 29.4. The Hall–Kier alpha value is -0.870. The van der Waals surface area contributed by atoms with Gasteiger partial charge in [0.25, 0.3) is 5.91 Å². The van der Waals surface area contributed by atoms with Crippen LogP contribution in [0.4, 0.5) is 0 Å². The fraction of sp³-hybridized carbons (Fsp3) is 0.562. The van der Waals surface area contributed by atoms with E-state index in [1.807, 2.05) is 24.3 Å². The van der Waals surface area contributed by atoms with Crippen molar-refractivity contribution < 1.29 is 4.79 Å². The van der Waals surface area contributed by atoms with Gasteiger partial charge in [0.05, 0.1) is 5.56 Å².